The number of anilines is 1. The first kappa shape index (κ1) is 14.8. The van der Waals surface area contributed by atoms with Crippen molar-refractivity contribution in [2.45, 2.75) is 33.6 Å². The summed E-state index contributed by atoms with van der Waals surface area (Å²) in [7, 11) is 0. The SMILES string of the molecule is CCNCCN(CC)c1nccn2nc(C(C)C)cc12. The van der Waals surface area contributed by atoms with Gasteiger partial charge in [-0.25, -0.2) is 9.50 Å². The summed E-state index contributed by atoms with van der Waals surface area (Å²) in [6.07, 6.45) is 3.75. The first-order chi connectivity index (χ1) is 9.67. The van der Waals surface area contributed by atoms with Crippen molar-refractivity contribution in [1.82, 2.24) is 19.9 Å². The highest BCUT2D eigenvalue weighted by atomic mass is 15.3. The summed E-state index contributed by atoms with van der Waals surface area (Å²) in [5, 5.41) is 7.98. The van der Waals surface area contributed by atoms with Crippen LogP contribution >= 0.6 is 0 Å². The van der Waals surface area contributed by atoms with Crippen LogP contribution in [-0.2, 0) is 0 Å². The van der Waals surface area contributed by atoms with Crippen molar-refractivity contribution in [3.05, 3.63) is 24.2 Å². The van der Waals surface area contributed by atoms with Crippen molar-refractivity contribution in [3.63, 3.8) is 0 Å². The van der Waals surface area contributed by atoms with Crippen LogP contribution in [0.25, 0.3) is 5.52 Å². The van der Waals surface area contributed by atoms with Gasteiger partial charge in [0, 0.05) is 32.0 Å². The van der Waals surface area contributed by atoms with Gasteiger partial charge in [0.05, 0.1) is 5.69 Å². The Kier molecular flexibility index (Phi) is 4.95. The number of rotatable bonds is 7. The zero-order chi connectivity index (χ0) is 14.5. The predicted octanol–water partition coefficient (Wildman–Crippen LogP) is 2.29. The zero-order valence-electron chi connectivity index (χ0n) is 12.9. The van der Waals surface area contributed by atoms with Gasteiger partial charge in [0.2, 0.25) is 0 Å². The van der Waals surface area contributed by atoms with Crippen LogP contribution in [0.5, 0.6) is 0 Å². The van der Waals surface area contributed by atoms with Gasteiger partial charge in [-0.05, 0) is 25.5 Å². The Morgan fingerprint density at radius 2 is 2.15 bits per heavy atom. The van der Waals surface area contributed by atoms with Crippen LogP contribution < -0.4 is 10.2 Å². The molecule has 0 atom stereocenters. The molecule has 20 heavy (non-hydrogen) atoms. The summed E-state index contributed by atoms with van der Waals surface area (Å²) in [5.41, 5.74) is 2.21. The van der Waals surface area contributed by atoms with E-state index in [1.165, 1.54) is 0 Å². The van der Waals surface area contributed by atoms with E-state index in [0.717, 1.165) is 43.2 Å². The molecule has 2 aromatic heterocycles. The molecule has 0 unspecified atom stereocenters. The normalized spacial score (nSPS) is 11.4. The highest BCUT2D eigenvalue weighted by molar-refractivity contribution is 5.69. The van der Waals surface area contributed by atoms with Crippen molar-refractivity contribution in [2.24, 2.45) is 0 Å². The molecule has 110 valence electrons. The van der Waals surface area contributed by atoms with E-state index in [2.05, 4.69) is 54.1 Å². The Morgan fingerprint density at radius 1 is 1.35 bits per heavy atom. The summed E-state index contributed by atoms with van der Waals surface area (Å²) < 4.78 is 1.94. The topological polar surface area (TPSA) is 45.5 Å². The van der Waals surface area contributed by atoms with Gasteiger partial charge in [0.25, 0.3) is 0 Å². The zero-order valence-corrected chi connectivity index (χ0v) is 12.9. The van der Waals surface area contributed by atoms with Crippen LogP contribution in [0.1, 0.15) is 39.3 Å². The largest absolute Gasteiger partial charge is 0.354 e. The summed E-state index contributed by atoms with van der Waals surface area (Å²) in [5.74, 6) is 1.45. The minimum absolute atomic E-state index is 0.430. The van der Waals surface area contributed by atoms with Gasteiger partial charge in [-0.3, -0.25) is 0 Å². The number of hydrogen-bond donors (Lipinski definition) is 1. The quantitative estimate of drug-likeness (QED) is 0.788. The van der Waals surface area contributed by atoms with Crippen molar-refractivity contribution in [3.8, 4) is 0 Å². The molecular formula is C15H25N5. The molecule has 0 aliphatic rings. The molecule has 5 nitrogen and oxygen atoms in total. The minimum atomic E-state index is 0.430. The molecule has 1 N–H and O–H groups in total. The van der Waals surface area contributed by atoms with E-state index in [-0.39, 0.29) is 0 Å². The maximum Gasteiger partial charge on any atom is 0.154 e. The summed E-state index contributed by atoms with van der Waals surface area (Å²) in [6.45, 7) is 12.5. The summed E-state index contributed by atoms with van der Waals surface area (Å²) in [6, 6.07) is 2.16. The fraction of sp³-hybridized carbons (Fsp3) is 0.600. The van der Waals surface area contributed by atoms with E-state index in [9.17, 15) is 0 Å². The van der Waals surface area contributed by atoms with Crippen LogP contribution in [0, 0.1) is 0 Å². The third kappa shape index (κ3) is 3.10. The van der Waals surface area contributed by atoms with Gasteiger partial charge < -0.3 is 10.2 Å². The molecule has 0 saturated carbocycles. The summed E-state index contributed by atoms with van der Waals surface area (Å²) >= 11 is 0. The molecule has 0 amide bonds. The van der Waals surface area contributed by atoms with Crippen molar-refractivity contribution < 1.29 is 0 Å². The molecule has 0 aliphatic carbocycles. The van der Waals surface area contributed by atoms with Crippen molar-refractivity contribution in [1.29, 1.82) is 0 Å². The van der Waals surface area contributed by atoms with Gasteiger partial charge in [-0.15, -0.1) is 0 Å². The lowest BCUT2D eigenvalue weighted by Crippen LogP contribution is -2.32. The second-order valence-corrected chi connectivity index (χ2v) is 5.24. The Balaban J connectivity index is 2.31. The Labute approximate surface area is 121 Å². The van der Waals surface area contributed by atoms with Crippen LogP contribution in [-0.4, -0.2) is 40.8 Å². The second kappa shape index (κ2) is 6.70. The first-order valence-electron chi connectivity index (χ1n) is 7.47. The Bertz CT molecular complexity index is 546. The Hall–Kier alpha value is -1.62. The molecule has 0 fully saturated rings. The van der Waals surface area contributed by atoms with Crippen LogP contribution in [0.4, 0.5) is 5.82 Å². The predicted molar refractivity (Wildman–Crippen MR) is 83.5 cm³/mol. The molecule has 0 saturated heterocycles. The number of aromatic nitrogens is 3. The number of likely N-dealkylation sites (N-methyl/N-ethyl adjacent to an activating group) is 2. The second-order valence-electron chi connectivity index (χ2n) is 5.24. The van der Waals surface area contributed by atoms with Gasteiger partial charge in [-0.2, -0.15) is 5.10 Å². The smallest absolute Gasteiger partial charge is 0.154 e. The van der Waals surface area contributed by atoms with Gasteiger partial charge in [0.15, 0.2) is 5.82 Å². The molecule has 0 aliphatic heterocycles. The van der Waals surface area contributed by atoms with Gasteiger partial charge >= 0.3 is 0 Å². The van der Waals surface area contributed by atoms with Crippen molar-refractivity contribution in [2.75, 3.05) is 31.1 Å². The molecule has 0 aromatic carbocycles. The third-order valence-corrected chi connectivity index (χ3v) is 3.47. The van der Waals surface area contributed by atoms with E-state index in [1.807, 2.05) is 16.9 Å². The highest BCUT2D eigenvalue weighted by Gasteiger charge is 2.13. The lowest BCUT2D eigenvalue weighted by Gasteiger charge is -2.22. The lowest BCUT2D eigenvalue weighted by molar-refractivity contribution is 0.683. The van der Waals surface area contributed by atoms with E-state index in [4.69, 9.17) is 0 Å². The van der Waals surface area contributed by atoms with Crippen LogP contribution in [0.2, 0.25) is 0 Å². The number of nitrogens with one attached hydrogen (secondary N) is 1. The van der Waals surface area contributed by atoms with Gasteiger partial charge in [0.1, 0.15) is 5.52 Å². The first-order valence-corrected chi connectivity index (χ1v) is 7.47. The Morgan fingerprint density at radius 3 is 2.80 bits per heavy atom. The highest BCUT2D eigenvalue weighted by Crippen LogP contribution is 2.22. The molecular weight excluding hydrogens is 250 g/mol. The monoisotopic (exact) mass is 275 g/mol. The number of nitrogens with zero attached hydrogens (tertiary/aromatic N) is 4. The maximum absolute atomic E-state index is 4.62. The molecule has 5 heteroatoms. The summed E-state index contributed by atoms with van der Waals surface area (Å²) in [4.78, 5) is 6.86. The van der Waals surface area contributed by atoms with Crippen LogP contribution in [0.15, 0.2) is 18.5 Å². The standard InChI is InChI=1S/C15H25N5/c1-5-16-7-9-19(6-2)15-14-11-13(12(3)4)18-20(14)10-8-17-15/h8,10-12,16H,5-7,9H2,1-4H3. The van der Waals surface area contributed by atoms with Crippen molar-refractivity contribution >= 4 is 11.3 Å². The molecule has 0 bridgehead atoms. The van der Waals surface area contributed by atoms with Crippen LogP contribution in [0.3, 0.4) is 0 Å². The minimum Gasteiger partial charge on any atom is -0.354 e. The van der Waals surface area contributed by atoms with Gasteiger partial charge in [-0.1, -0.05) is 20.8 Å². The molecule has 0 radical (unpaired) electrons. The van der Waals surface area contributed by atoms with E-state index < -0.39 is 0 Å². The molecule has 2 rings (SSSR count). The lowest BCUT2D eigenvalue weighted by atomic mass is 10.1. The number of hydrogen-bond acceptors (Lipinski definition) is 4. The average Bonchev–Trinajstić information content (AvgIpc) is 2.88. The molecule has 2 aromatic rings. The maximum atomic E-state index is 4.62. The van der Waals surface area contributed by atoms with E-state index in [1.54, 1.807) is 0 Å². The average molecular weight is 275 g/mol. The van der Waals surface area contributed by atoms with E-state index >= 15 is 0 Å². The number of fused-ring (bicyclic) bond motifs is 1. The fourth-order valence-electron chi connectivity index (χ4n) is 2.26. The third-order valence-electron chi connectivity index (χ3n) is 3.47. The fourth-order valence-corrected chi connectivity index (χ4v) is 2.26. The molecule has 2 heterocycles. The molecule has 0 spiro atoms. The van der Waals surface area contributed by atoms with E-state index in [0.29, 0.717) is 5.92 Å².